The minimum Gasteiger partial charge on any atom is -0.134 e. The van der Waals surface area contributed by atoms with Crippen molar-refractivity contribution in [3.63, 3.8) is 0 Å². The predicted octanol–water partition coefficient (Wildman–Crippen LogP) is 41.4. The average Bonchev–Trinajstić information content (AvgIpc) is 1.58. The van der Waals surface area contributed by atoms with E-state index in [4.69, 9.17) is 0 Å². The summed E-state index contributed by atoms with van der Waals surface area (Å²) in [6.07, 6.45) is 31.9. The average molecular weight is 1890 g/mol. The fourth-order valence-electron chi connectivity index (χ4n) is 21.9. The molecule has 14 rings (SSSR count). The van der Waals surface area contributed by atoms with Crippen LogP contribution in [0.4, 0.5) is 0 Å². The summed E-state index contributed by atoms with van der Waals surface area (Å²) < 4.78 is 5.28. The van der Waals surface area contributed by atoms with E-state index in [1.807, 2.05) is 45.3 Å². The predicted molar refractivity (Wildman–Crippen MR) is 607 cm³/mol. The first-order valence-corrected chi connectivity index (χ1v) is 64.7. The molecule has 6 aromatic rings. The number of hydrogen-bond donors (Lipinski definition) is 0. The van der Waals surface area contributed by atoms with Crippen LogP contribution in [0.1, 0.15) is 315 Å². The molecular weight excluding hydrogens is 1730 g/mol. The number of hydrogen-bond acceptors (Lipinski definition) is 4. The van der Waals surface area contributed by atoms with E-state index in [-0.39, 0.29) is 0 Å². The molecule has 0 atom stereocenters. The summed E-state index contributed by atoms with van der Waals surface area (Å²) in [5, 5.41) is 5.21. The molecule has 0 radical (unpaired) electrons. The second-order valence-corrected chi connectivity index (χ2v) is 66.4. The Kier molecular flexibility index (Phi) is 36.8. The van der Waals surface area contributed by atoms with Crippen molar-refractivity contribution in [1.82, 2.24) is 0 Å². The summed E-state index contributed by atoms with van der Waals surface area (Å²) in [4.78, 5) is 5.26. The lowest BCUT2D eigenvalue weighted by Crippen LogP contribution is -2.40. The molecule has 0 saturated heterocycles. The molecular formula is C124H156S4Si4. The van der Waals surface area contributed by atoms with Gasteiger partial charge in [0.25, 0.3) is 0 Å². The summed E-state index contributed by atoms with van der Waals surface area (Å²) in [7, 11) is -8.11. The third kappa shape index (κ3) is 23.5. The van der Waals surface area contributed by atoms with E-state index >= 15 is 0 Å². The Hall–Kier alpha value is -7.81. The van der Waals surface area contributed by atoms with Gasteiger partial charge in [-0.2, -0.15) is 0 Å². The van der Waals surface area contributed by atoms with Crippen molar-refractivity contribution in [2.24, 2.45) is 0 Å². The van der Waals surface area contributed by atoms with Gasteiger partial charge in [-0.25, -0.2) is 0 Å². The van der Waals surface area contributed by atoms with Gasteiger partial charge in [0, 0.05) is 41.1 Å². The van der Waals surface area contributed by atoms with Gasteiger partial charge in [-0.15, -0.1) is 67.5 Å². The lowest BCUT2D eigenvalue weighted by atomic mass is 10.0. The normalized spacial score (nSPS) is 12.3. The molecule has 132 heavy (non-hydrogen) atoms. The summed E-state index contributed by atoms with van der Waals surface area (Å²) in [5.41, 5.74) is 42.3. The van der Waals surface area contributed by atoms with E-state index in [0.29, 0.717) is 44.3 Å². The number of benzene rings is 2. The highest BCUT2D eigenvalue weighted by atomic mass is 32.1. The van der Waals surface area contributed by atoms with Gasteiger partial charge < -0.3 is 0 Å². The van der Waals surface area contributed by atoms with E-state index in [1.165, 1.54) is 327 Å². The Bertz CT molecular complexity index is 5210. The van der Waals surface area contributed by atoms with Gasteiger partial charge in [0.15, 0.2) is 0 Å². The van der Waals surface area contributed by atoms with Crippen LogP contribution in [-0.4, -0.2) is 32.3 Å². The molecule has 4 aromatic heterocycles. The van der Waals surface area contributed by atoms with Crippen LogP contribution in [-0.2, 0) is 0 Å². The van der Waals surface area contributed by atoms with Crippen molar-refractivity contribution in [3.8, 4) is 132 Å². The molecule has 0 fully saturated rings. The molecule has 2 aromatic carbocycles. The Balaban J connectivity index is 0.000000224. The fourth-order valence-corrected chi connectivity index (χ4v) is 44.1. The van der Waals surface area contributed by atoms with Crippen LogP contribution in [0.15, 0.2) is 194 Å². The van der Waals surface area contributed by atoms with Gasteiger partial charge in [0.1, 0.15) is 32.3 Å². The molecule has 0 amide bonds. The minimum atomic E-state index is -2.03. The molecule has 0 unspecified atom stereocenters. The van der Waals surface area contributed by atoms with E-state index in [1.54, 1.807) is 0 Å². The standard InChI is InChI=1S/2C62H78S2Si2/c2*1-11-13-15-17-19-27-35-65(45(3)4,46(5)6)37-33-55-57-43-59(53-39-49-29-23-21-24-30-50(49)40-53)64-62(57)56(34-38-66(47(7)8,48(9)10)36-28-20-18-16-14-12-2)58-44-60(63-61(55)58)54-41-51-31-25-22-26-32-52(51)42-54/h2*21-26,29-32,39-48H,11-20,27-28,35-36H2,1-10H3. The smallest absolute Gasteiger partial charge is 0.134 e. The van der Waals surface area contributed by atoms with E-state index in [0.717, 1.165) is 0 Å². The maximum atomic E-state index is 4.30. The molecule has 0 spiro atoms. The maximum absolute atomic E-state index is 4.30. The molecule has 4 heterocycles. The largest absolute Gasteiger partial charge is 0.143 e. The third-order valence-corrected chi connectivity index (χ3v) is 59.0. The van der Waals surface area contributed by atoms with Gasteiger partial charge in [0.05, 0.1) is 41.1 Å². The Labute approximate surface area is 820 Å². The van der Waals surface area contributed by atoms with Crippen LogP contribution < -0.4 is 0 Å². The lowest BCUT2D eigenvalue weighted by molar-refractivity contribution is 0.620. The van der Waals surface area contributed by atoms with Gasteiger partial charge in [0.2, 0.25) is 0 Å². The van der Waals surface area contributed by atoms with Gasteiger partial charge in [-0.05, 0) is 208 Å². The van der Waals surface area contributed by atoms with Crippen LogP contribution in [0.25, 0.3) is 127 Å². The van der Waals surface area contributed by atoms with Crippen LogP contribution in [0, 0.1) is 45.9 Å². The first-order chi connectivity index (χ1) is 63.8. The topological polar surface area (TPSA) is 0 Å². The molecule has 0 aliphatic heterocycles. The van der Waals surface area contributed by atoms with Crippen molar-refractivity contribution in [1.29, 1.82) is 0 Å². The number of fused-ring (bicyclic) bond motifs is 8. The van der Waals surface area contributed by atoms with E-state index < -0.39 is 32.3 Å². The Morgan fingerprint density at radius 3 is 0.515 bits per heavy atom. The van der Waals surface area contributed by atoms with Crippen molar-refractivity contribution in [2.75, 3.05) is 0 Å². The number of thiophene rings is 4. The highest BCUT2D eigenvalue weighted by Gasteiger charge is 2.42. The highest BCUT2D eigenvalue weighted by Crippen LogP contribution is 2.53. The molecule has 0 N–H and O–H groups in total. The molecule has 0 bridgehead atoms. The monoisotopic (exact) mass is 1890 g/mol. The van der Waals surface area contributed by atoms with Crippen LogP contribution in [0.2, 0.25) is 68.5 Å². The second-order valence-electron chi connectivity index (χ2n) is 41.6. The van der Waals surface area contributed by atoms with E-state index in [2.05, 4.69) is 378 Å². The third-order valence-electron chi connectivity index (χ3n) is 30.7. The van der Waals surface area contributed by atoms with Crippen LogP contribution in [0.5, 0.6) is 0 Å². The highest BCUT2D eigenvalue weighted by molar-refractivity contribution is 7.25. The summed E-state index contributed by atoms with van der Waals surface area (Å²) in [6, 6.07) is 78.1. The summed E-state index contributed by atoms with van der Waals surface area (Å²) in [6.45, 7) is 49.0. The molecule has 0 saturated carbocycles. The second kappa shape index (κ2) is 47.8. The number of unbranched alkanes of at least 4 members (excludes halogenated alkanes) is 20. The minimum absolute atomic E-state index is 0.585. The first kappa shape index (κ1) is 102. The zero-order chi connectivity index (χ0) is 93.7. The zero-order valence-corrected chi connectivity index (χ0v) is 91.8. The molecule has 8 aliphatic rings. The molecule has 0 nitrogen and oxygen atoms in total. The number of rotatable bonds is 40. The van der Waals surface area contributed by atoms with Crippen molar-refractivity contribution in [3.05, 3.63) is 216 Å². The van der Waals surface area contributed by atoms with Crippen LogP contribution >= 0.6 is 45.3 Å². The van der Waals surface area contributed by atoms with Crippen molar-refractivity contribution in [2.45, 2.75) is 361 Å². The molecule has 8 aliphatic carbocycles. The SMILES string of the molecule is CCCCCCCC[Si](C#Cc1c2cc(-c3cc4cccccc-4c3)sc2c(C#C[Si](CCCCCCCC)(C(C)C)C(C)C)c2cc(-c3cc4cccccc-4c3)sc12)(C(C)C)C(C)C.CCCCCCCC[Si](C#Cc1c2cc(-c3cc4cccccc-4c3)sc2c(C#C[Si](CCCCCCCC)(C(C)C)C(C)C)c2cc(-c3cc4cccccc-4c3)sc12)(C(C)C)C(C)C. The summed E-state index contributed by atoms with van der Waals surface area (Å²) >= 11 is 7.81. The molecule has 8 heteroatoms. The lowest BCUT2D eigenvalue weighted by Gasteiger charge is -2.34. The quantitative estimate of drug-likeness (QED) is 0.0204. The van der Waals surface area contributed by atoms with Crippen LogP contribution in [0.3, 0.4) is 0 Å². The maximum Gasteiger partial charge on any atom is 0.143 e. The van der Waals surface area contributed by atoms with Crippen molar-refractivity contribution >= 4 is 118 Å². The van der Waals surface area contributed by atoms with Crippen molar-refractivity contribution < 1.29 is 0 Å². The Morgan fingerprint density at radius 1 is 0.197 bits per heavy atom. The van der Waals surface area contributed by atoms with Gasteiger partial charge >= 0.3 is 0 Å². The fraction of sp³-hybridized carbons (Fsp3) is 0.452. The van der Waals surface area contributed by atoms with Gasteiger partial charge in [-0.3, -0.25) is 0 Å². The first-order valence-electron chi connectivity index (χ1n) is 52.0. The van der Waals surface area contributed by atoms with E-state index in [9.17, 15) is 0 Å². The van der Waals surface area contributed by atoms with Gasteiger partial charge in [-0.1, -0.05) is 438 Å². The summed E-state index contributed by atoms with van der Waals surface area (Å²) in [5.74, 6) is 16.6. The Morgan fingerprint density at radius 2 is 0.356 bits per heavy atom. The zero-order valence-electron chi connectivity index (χ0n) is 84.5. The molecule has 692 valence electrons.